The molecule has 1 aromatic carbocycles. The van der Waals surface area contributed by atoms with Gasteiger partial charge in [-0.15, -0.1) is 0 Å². The zero-order valence-corrected chi connectivity index (χ0v) is 19.4. The van der Waals surface area contributed by atoms with E-state index in [1.54, 1.807) is 0 Å². The molecule has 5 nitrogen and oxygen atoms in total. The predicted molar refractivity (Wildman–Crippen MR) is 124 cm³/mol. The highest BCUT2D eigenvalue weighted by Gasteiger charge is 2.45. The molecule has 3 heterocycles. The monoisotopic (exact) mass is 445 g/mol. The van der Waals surface area contributed by atoms with Gasteiger partial charge in [0.1, 0.15) is 6.04 Å². The minimum atomic E-state index is -0.0783. The molecule has 2 aliphatic heterocycles. The van der Waals surface area contributed by atoms with E-state index in [9.17, 15) is 0 Å². The van der Waals surface area contributed by atoms with Gasteiger partial charge < -0.3 is 14.4 Å². The number of amidine groups is 1. The van der Waals surface area contributed by atoms with Crippen LogP contribution < -0.4 is 9.47 Å². The summed E-state index contributed by atoms with van der Waals surface area (Å²) in [5, 5.41) is 1.66. The van der Waals surface area contributed by atoms with Crippen LogP contribution in [0.4, 0.5) is 0 Å². The minimum Gasteiger partial charge on any atom is -0.490 e. The fourth-order valence-electron chi connectivity index (χ4n) is 4.08. The van der Waals surface area contributed by atoms with E-state index in [2.05, 4.69) is 28.9 Å². The SMILES string of the molecule is CCOc1cc([C@H]2[C@H](c3ccccn3)N=C3SC[C@@H](CC)N32)cc(Cl)c1OC(C)C. The smallest absolute Gasteiger partial charge is 0.180 e. The van der Waals surface area contributed by atoms with E-state index in [4.69, 9.17) is 26.1 Å². The molecule has 0 saturated carbocycles. The second-order valence-electron chi connectivity index (χ2n) is 7.77. The van der Waals surface area contributed by atoms with Gasteiger partial charge >= 0.3 is 0 Å². The Morgan fingerprint density at radius 2 is 2.10 bits per heavy atom. The summed E-state index contributed by atoms with van der Waals surface area (Å²) in [7, 11) is 0. The Morgan fingerprint density at radius 1 is 1.27 bits per heavy atom. The average Bonchev–Trinajstić information content (AvgIpc) is 3.30. The quantitative estimate of drug-likeness (QED) is 0.530. The molecule has 1 fully saturated rings. The van der Waals surface area contributed by atoms with Crippen molar-refractivity contribution in [2.45, 2.75) is 58.3 Å². The Kier molecular flexibility index (Phi) is 6.44. The zero-order valence-electron chi connectivity index (χ0n) is 17.8. The van der Waals surface area contributed by atoms with Gasteiger partial charge in [0, 0.05) is 18.0 Å². The van der Waals surface area contributed by atoms with Gasteiger partial charge in [-0.3, -0.25) is 9.98 Å². The summed E-state index contributed by atoms with van der Waals surface area (Å²) in [5.41, 5.74) is 2.05. The molecule has 0 spiro atoms. The van der Waals surface area contributed by atoms with Crippen LogP contribution in [-0.2, 0) is 0 Å². The molecule has 0 radical (unpaired) electrons. The number of aliphatic imine (C=N–C) groups is 1. The molecule has 7 heteroatoms. The zero-order chi connectivity index (χ0) is 21.3. The molecular formula is C23H28ClN3O2S. The van der Waals surface area contributed by atoms with Crippen LogP contribution in [0, 0.1) is 0 Å². The van der Waals surface area contributed by atoms with E-state index in [0.717, 1.165) is 28.6 Å². The molecular weight excluding hydrogens is 418 g/mol. The maximum atomic E-state index is 6.72. The largest absolute Gasteiger partial charge is 0.490 e. The number of hydrogen-bond acceptors (Lipinski definition) is 6. The third kappa shape index (κ3) is 4.00. The normalized spacial score (nSPS) is 22.9. The van der Waals surface area contributed by atoms with Gasteiger partial charge in [0.15, 0.2) is 16.7 Å². The second kappa shape index (κ2) is 9.06. The van der Waals surface area contributed by atoms with Crippen LogP contribution in [0.15, 0.2) is 41.5 Å². The topological polar surface area (TPSA) is 47.0 Å². The average molecular weight is 446 g/mol. The summed E-state index contributed by atoms with van der Waals surface area (Å²) in [6.07, 6.45) is 2.91. The van der Waals surface area contributed by atoms with E-state index in [-0.39, 0.29) is 18.2 Å². The number of pyridine rings is 1. The Balaban J connectivity index is 1.81. The van der Waals surface area contributed by atoms with Crippen molar-refractivity contribution in [3.8, 4) is 11.5 Å². The molecule has 2 aromatic rings. The van der Waals surface area contributed by atoms with Crippen molar-refractivity contribution in [2.75, 3.05) is 12.4 Å². The minimum absolute atomic E-state index is 0.00898. The molecule has 0 aliphatic carbocycles. The number of halogens is 1. The molecule has 4 rings (SSSR count). The van der Waals surface area contributed by atoms with Crippen LogP contribution in [0.1, 0.15) is 57.5 Å². The molecule has 0 bridgehead atoms. The first-order chi connectivity index (χ1) is 14.5. The highest BCUT2D eigenvalue weighted by atomic mass is 35.5. The van der Waals surface area contributed by atoms with Crippen LogP contribution in [-0.4, -0.2) is 39.6 Å². The fourth-order valence-corrected chi connectivity index (χ4v) is 5.68. The van der Waals surface area contributed by atoms with E-state index >= 15 is 0 Å². The summed E-state index contributed by atoms with van der Waals surface area (Å²) in [4.78, 5) is 12.2. The van der Waals surface area contributed by atoms with E-state index in [1.807, 2.05) is 56.9 Å². The maximum absolute atomic E-state index is 6.72. The molecule has 2 aliphatic rings. The summed E-state index contributed by atoms with van der Waals surface area (Å²) in [5.74, 6) is 2.34. The van der Waals surface area contributed by atoms with Crippen molar-refractivity contribution in [3.63, 3.8) is 0 Å². The first-order valence-corrected chi connectivity index (χ1v) is 11.9. The number of thioether (sulfide) groups is 1. The molecule has 1 aromatic heterocycles. The van der Waals surface area contributed by atoms with Crippen LogP contribution in [0.5, 0.6) is 11.5 Å². The van der Waals surface area contributed by atoms with Gasteiger partial charge in [0.2, 0.25) is 0 Å². The van der Waals surface area contributed by atoms with E-state index in [1.165, 1.54) is 0 Å². The van der Waals surface area contributed by atoms with Gasteiger partial charge in [-0.1, -0.05) is 36.4 Å². The Bertz CT molecular complexity index is 922. The van der Waals surface area contributed by atoms with Gasteiger partial charge in [-0.05, 0) is 57.0 Å². The standard InChI is InChI=1S/C23H28ClN3O2S/c1-5-16-13-30-23-26-20(18-9-7-8-10-25-18)21(27(16)23)15-11-17(24)22(29-14(3)4)19(12-15)28-6-2/h7-12,14,16,20-21H,5-6,13H2,1-4H3/t16-,20+,21+/m1/s1. The Labute approximate surface area is 187 Å². The molecule has 0 N–H and O–H groups in total. The van der Waals surface area contributed by atoms with Gasteiger partial charge in [-0.2, -0.15) is 0 Å². The molecule has 30 heavy (non-hydrogen) atoms. The first-order valence-electron chi connectivity index (χ1n) is 10.6. The van der Waals surface area contributed by atoms with Crippen molar-refractivity contribution in [1.29, 1.82) is 0 Å². The number of aromatic nitrogens is 1. The van der Waals surface area contributed by atoms with Crippen molar-refractivity contribution in [1.82, 2.24) is 9.88 Å². The van der Waals surface area contributed by atoms with Gasteiger partial charge in [-0.25, -0.2) is 0 Å². The first kappa shape index (κ1) is 21.3. The second-order valence-corrected chi connectivity index (χ2v) is 9.16. The number of benzene rings is 1. The number of ether oxygens (including phenoxy) is 2. The maximum Gasteiger partial charge on any atom is 0.180 e. The Hall–Kier alpha value is -1.92. The van der Waals surface area contributed by atoms with Crippen LogP contribution >= 0.6 is 23.4 Å². The third-order valence-corrected chi connectivity index (χ3v) is 6.76. The molecule has 0 amide bonds. The number of fused-ring (bicyclic) bond motifs is 1. The van der Waals surface area contributed by atoms with Gasteiger partial charge in [0.25, 0.3) is 0 Å². The summed E-state index contributed by atoms with van der Waals surface area (Å²) in [6, 6.07) is 10.5. The predicted octanol–water partition coefficient (Wildman–Crippen LogP) is 5.90. The van der Waals surface area contributed by atoms with Crippen LogP contribution in [0.25, 0.3) is 0 Å². The molecule has 0 unspecified atom stereocenters. The highest BCUT2D eigenvalue weighted by molar-refractivity contribution is 8.14. The lowest BCUT2D eigenvalue weighted by Crippen LogP contribution is -2.35. The van der Waals surface area contributed by atoms with E-state index in [0.29, 0.717) is 29.2 Å². The lowest BCUT2D eigenvalue weighted by molar-refractivity contribution is 0.222. The van der Waals surface area contributed by atoms with Crippen LogP contribution in [0.2, 0.25) is 5.02 Å². The lowest BCUT2D eigenvalue weighted by atomic mass is 9.95. The summed E-state index contributed by atoms with van der Waals surface area (Å²) < 4.78 is 11.9. The lowest BCUT2D eigenvalue weighted by Gasteiger charge is -2.32. The molecule has 3 atom stereocenters. The van der Waals surface area contributed by atoms with Crippen molar-refractivity contribution in [2.24, 2.45) is 4.99 Å². The van der Waals surface area contributed by atoms with Crippen molar-refractivity contribution in [3.05, 3.63) is 52.8 Å². The molecule has 160 valence electrons. The third-order valence-electron chi connectivity index (χ3n) is 5.36. The number of hydrogen-bond donors (Lipinski definition) is 0. The summed E-state index contributed by atoms with van der Waals surface area (Å²) in [6.45, 7) is 8.72. The molecule has 1 saturated heterocycles. The Morgan fingerprint density at radius 3 is 2.77 bits per heavy atom. The number of nitrogens with zero attached hydrogens (tertiary/aromatic N) is 3. The van der Waals surface area contributed by atoms with Gasteiger partial charge in [0.05, 0.1) is 29.5 Å². The highest BCUT2D eigenvalue weighted by Crippen LogP contribution is 2.50. The van der Waals surface area contributed by atoms with Crippen molar-refractivity contribution >= 4 is 28.5 Å². The fraction of sp³-hybridized carbons (Fsp3) is 0.478. The van der Waals surface area contributed by atoms with Crippen molar-refractivity contribution < 1.29 is 9.47 Å². The van der Waals surface area contributed by atoms with Crippen LogP contribution in [0.3, 0.4) is 0 Å². The number of rotatable bonds is 7. The van der Waals surface area contributed by atoms with E-state index < -0.39 is 0 Å². The summed E-state index contributed by atoms with van der Waals surface area (Å²) >= 11 is 8.55.